The minimum absolute atomic E-state index is 0.0448. The minimum atomic E-state index is -0.431. The van der Waals surface area contributed by atoms with Crippen LogP contribution in [0, 0.1) is 5.41 Å². The number of amides is 1. The Morgan fingerprint density at radius 3 is 2.72 bits per heavy atom. The van der Waals surface area contributed by atoms with E-state index >= 15 is 0 Å². The molecule has 0 spiro atoms. The molecule has 1 aliphatic heterocycles. The second-order valence-corrected chi connectivity index (χ2v) is 6.08. The Morgan fingerprint density at radius 2 is 2.17 bits per heavy atom. The Kier molecular flexibility index (Phi) is 3.61. The second-order valence-electron chi connectivity index (χ2n) is 6.08. The first kappa shape index (κ1) is 13.3. The number of nitrogens with zero attached hydrogens (tertiary/aromatic N) is 1. The predicted molar refractivity (Wildman–Crippen MR) is 66.9 cm³/mol. The lowest BCUT2D eigenvalue weighted by Gasteiger charge is -2.29. The van der Waals surface area contributed by atoms with Crippen molar-refractivity contribution in [3.8, 4) is 0 Å². The molecule has 1 saturated heterocycles. The molecule has 5 nitrogen and oxygen atoms in total. The molecule has 0 aromatic rings. The molecule has 1 atom stereocenters. The molecule has 18 heavy (non-hydrogen) atoms. The van der Waals surface area contributed by atoms with E-state index in [0.717, 1.165) is 25.9 Å². The normalized spacial score (nSPS) is 27.8. The zero-order valence-corrected chi connectivity index (χ0v) is 11.4. The van der Waals surface area contributed by atoms with E-state index in [1.54, 1.807) is 0 Å². The number of rotatable bonds is 3. The lowest BCUT2D eigenvalue weighted by Crippen LogP contribution is -2.45. The average molecular weight is 254 g/mol. The van der Waals surface area contributed by atoms with E-state index in [0.29, 0.717) is 6.04 Å². The first-order chi connectivity index (χ1) is 8.43. The van der Waals surface area contributed by atoms with Crippen LogP contribution in [0.25, 0.3) is 0 Å². The van der Waals surface area contributed by atoms with Crippen molar-refractivity contribution in [2.75, 3.05) is 20.2 Å². The number of carbonyl (C=O) groups is 2. The molecule has 0 aromatic carbocycles. The molecular weight excluding hydrogens is 232 g/mol. The Bertz CT molecular complexity index is 350. The fourth-order valence-corrected chi connectivity index (χ4v) is 2.39. The van der Waals surface area contributed by atoms with Gasteiger partial charge < -0.3 is 15.0 Å². The molecule has 102 valence electrons. The number of esters is 1. The van der Waals surface area contributed by atoms with Gasteiger partial charge in [0.05, 0.1) is 19.6 Å². The summed E-state index contributed by atoms with van der Waals surface area (Å²) in [4.78, 5) is 25.7. The van der Waals surface area contributed by atoms with Crippen LogP contribution in [0.3, 0.4) is 0 Å². The van der Waals surface area contributed by atoms with Crippen LogP contribution < -0.4 is 5.32 Å². The minimum Gasteiger partial charge on any atom is -0.469 e. The number of ether oxygens (including phenoxy) is 1. The third kappa shape index (κ3) is 3.02. The van der Waals surface area contributed by atoms with E-state index in [9.17, 15) is 9.59 Å². The lowest BCUT2D eigenvalue weighted by atomic mass is 9.93. The summed E-state index contributed by atoms with van der Waals surface area (Å²) in [5.74, 6) is -0.287. The van der Waals surface area contributed by atoms with Crippen molar-refractivity contribution in [1.82, 2.24) is 10.2 Å². The summed E-state index contributed by atoms with van der Waals surface area (Å²) in [6.45, 7) is 5.79. The van der Waals surface area contributed by atoms with Crippen LogP contribution in [0.1, 0.15) is 33.1 Å². The summed E-state index contributed by atoms with van der Waals surface area (Å²) >= 11 is 0. The Morgan fingerprint density at radius 1 is 1.50 bits per heavy atom. The van der Waals surface area contributed by atoms with Crippen LogP contribution in [-0.2, 0) is 14.3 Å². The Labute approximate surface area is 108 Å². The standard InChI is InChI=1S/C13H22N2O3/c1-13(2)7-14-10(6-11(16)18-3)12(17)15(8-13)9-4-5-9/h9-10,14H,4-8H2,1-3H3. The van der Waals surface area contributed by atoms with Gasteiger partial charge in [-0.2, -0.15) is 0 Å². The maximum absolute atomic E-state index is 12.4. The van der Waals surface area contributed by atoms with E-state index in [1.807, 2.05) is 4.90 Å². The van der Waals surface area contributed by atoms with Crippen LogP contribution in [0.2, 0.25) is 0 Å². The summed E-state index contributed by atoms with van der Waals surface area (Å²) in [5, 5.41) is 3.21. The fraction of sp³-hybridized carbons (Fsp3) is 0.846. The number of carbonyl (C=O) groups excluding carboxylic acids is 2. The van der Waals surface area contributed by atoms with Gasteiger partial charge in [-0.25, -0.2) is 0 Å². The molecule has 0 bridgehead atoms. The quantitative estimate of drug-likeness (QED) is 0.747. The van der Waals surface area contributed by atoms with Crippen LogP contribution in [-0.4, -0.2) is 49.1 Å². The van der Waals surface area contributed by atoms with Gasteiger partial charge in [0.25, 0.3) is 0 Å². The van der Waals surface area contributed by atoms with Crippen molar-refractivity contribution in [2.45, 2.75) is 45.2 Å². The van der Waals surface area contributed by atoms with Crippen LogP contribution in [0.15, 0.2) is 0 Å². The van der Waals surface area contributed by atoms with Gasteiger partial charge >= 0.3 is 5.97 Å². The van der Waals surface area contributed by atoms with Gasteiger partial charge in [-0.05, 0) is 18.3 Å². The summed E-state index contributed by atoms with van der Waals surface area (Å²) in [5.41, 5.74) is 0.0448. The van der Waals surface area contributed by atoms with Crippen LogP contribution >= 0.6 is 0 Å². The molecular formula is C13H22N2O3. The highest BCUT2D eigenvalue weighted by Crippen LogP contribution is 2.32. The maximum Gasteiger partial charge on any atom is 0.307 e. The molecule has 5 heteroatoms. The first-order valence-electron chi connectivity index (χ1n) is 6.53. The number of methoxy groups -OCH3 is 1. The largest absolute Gasteiger partial charge is 0.469 e. The van der Waals surface area contributed by atoms with Gasteiger partial charge in [0.2, 0.25) is 5.91 Å². The molecule has 2 aliphatic rings. The highest BCUT2D eigenvalue weighted by molar-refractivity contribution is 5.87. The van der Waals surface area contributed by atoms with Crippen molar-refractivity contribution >= 4 is 11.9 Å². The number of nitrogens with one attached hydrogen (secondary N) is 1. The SMILES string of the molecule is COC(=O)CC1NCC(C)(C)CN(C2CC2)C1=O. The molecule has 1 amide bonds. The van der Waals surface area contributed by atoms with E-state index in [-0.39, 0.29) is 23.7 Å². The average Bonchev–Trinajstić information content (AvgIpc) is 3.13. The molecule has 1 N–H and O–H groups in total. The molecule has 1 saturated carbocycles. The van der Waals surface area contributed by atoms with Gasteiger partial charge in [-0.3, -0.25) is 9.59 Å². The molecule has 0 radical (unpaired) electrons. The van der Waals surface area contributed by atoms with E-state index < -0.39 is 6.04 Å². The molecule has 1 unspecified atom stereocenters. The van der Waals surface area contributed by atoms with E-state index in [4.69, 9.17) is 0 Å². The van der Waals surface area contributed by atoms with Gasteiger partial charge in [0.15, 0.2) is 0 Å². The van der Waals surface area contributed by atoms with Crippen LogP contribution in [0.5, 0.6) is 0 Å². The van der Waals surface area contributed by atoms with Gasteiger partial charge in [0.1, 0.15) is 0 Å². The monoisotopic (exact) mass is 254 g/mol. The lowest BCUT2D eigenvalue weighted by molar-refractivity contribution is -0.145. The maximum atomic E-state index is 12.4. The zero-order chi connectivity index (χ0) is 13.3. The Hall–Kier alpha value is -1.10. The van der Waals surface area contributed by atoms with Gasteiger partial charge in [0, 0.05) is 19.1 Å². The van der Waals surface area contributed by atoms with Crippen LogP contribution in [0.4, 0.5) is 0 Å². The first-order valence-corrected chi connectivity index (χ1v) is 6.53. The van der Waals surface area contributed by atoms with Crippen molar-refractivity contribution in [3.05, 3.63) is 0 Å². The van der Waals surface area contributed by atoms with Crippen molar-refractivity contribution in [3.63, 3.8) is 0 Å². The third-order valence-electron chi connectivity index (χ3n) is 3.59. The molecule has 1 aliphatic carbocycles. The molecule has 1 heterocycles. The summed E-state index contributed by atoms with van der Waals surface area (Å²) in [6, 6.07) is -0.0448. The van der Waals surface area contributed by atoms with Gasteiger partial charge in [-0.1, -0.05) is 13.8 Å². The number of hydrogen-bond acceptors (Lipinski definition) is 4. The highest BCUT2D eigenvalue weighted by Gasteiger charge is 2.41. The fourth-order valence-electron chi connectivity index (χ4n) is 2.39. The molecule has 2 fully saturated rings. The zero-order valence-electron chi connectivity index (χ0n) is 11.4. The Balaban J connectivity index is 2.10. The van der Waals surface area contributed by atoms with E-state index in [1.165, 1.54) is 7.11 Å². The third-order valence-corrected chi connectivity index (χ3v) is 3.59. The van der Waals surface area contributed by atoms with E-state index in [2.05, 4.69) is 23.9 Å². The smallest absolute Gasteiger partial charge is 0.307 e. The molecule has 0 aromatic heterocycles. The predicted octanol–water partition coefficient (Wildman–Crippen LogP) is 0.538. The second kappa shape index (κ2) is 4.88. The van der Waals surface area contributed by atoms with Crippen molar-refractivity contribution < 1.29 is 14.3 Å². The molecule has 2 rings (SSSR count). The summed E-state index contributed by atoms with van der Waals surface area (Å²) in [7, 11) is 1.35. The number of hydrogen-bond donors (Lipinski definition) is 1. The highest BCUT2D eigenvalue weighted by atomic mass is 16.5. The summed E-state index contributed by atoms with van der Waals surface area (Å²) in [6.07, 6.45) is 2.30. The summed E-state index contributed by atoms with van der Waals surface area (Å²) < 4.78 is 4.66. The van der Waals surface area contributed by atoms with Gasteiger partial charge in [-0.15, -0.1) is 0 Å². The topological polar surface area (TPSA) is 58.6 Å². The van der Waals surface area contributed by atoms with Crippen molar-refractivity contribution in [2.24, 2.45) is 5.41 Å². The van der Waals surface area contributed by atoms with Crippen molar-refractivity contribution in [1.29, 1.82) is 0 Å².